The second-order valence-electron chi connectivity index (χ2n) is 5.89. The second kappa shape index (κ2) is 9.98. The van der Waals surface area contributed by atoms with Crippen molar-refractivity contribution in [2.75, 3.05) is 33.4 Å². The van der Waals surface area contributed by atoms with Crippen LogP contribution in [0, 0.1) is 6.92 Å². The summed E-state index contributed by atoms with van der Waals surface area (Å²) in [6.45, 7) is 7.60. The summed E-state index contributed by atoms with van der Waals surface area (Å²) in [7, 11) is 1.81. The number of unbranched alkanes of at least 4 members (excludes halogenated alkanes) is 1. The molecular formula is C19H30N4O. The van der Waals surface area contributed by atoms with Crippen LogP contribution >= 0.6 is 0 Å². The lowest BCUT2D eigenvalue weighted by Gasteiger charge is -2.12. The first-order valence-corrected chi connectivity index (χ1v) is 8.84. The van der Waals surface area contributed by atoms with E-state index >= 15 is 0 Å². The lowest BCUT2D eigenvalue weighted by molar-refractivity contribution is 0.143. The number of fused-ring (bicyclic) bond motifs is 1. The summed E-state index contributed by atoms with van der Waals surface area (Å²) in [4.78, 5) is 7.63. The number of aromatic nitrogens is 1. The van der Waals surface area contributed by atoms with Crippen LogP contribution < -0.4 is 10.6 Å². The van der Waals surface area contributed by atoms with E-state index in [-0.39, 0.29) is 0 Å². The zero-order valence-corrected chi connectivity index (χ0v) is 15.1. The van der Waals surface area contributed by atoms with Crippen LogP contribution in [-0.4, -0.2) is 44.3 Å². The number of nitrogens with one attached hydrogen (secondary N) is 3. The first-order valence-electron chi connectivity index (χ1n) is 8.84. The number of rotatable bonds is 9. The van der Waals surface area contributed by atoms with Crippen LogP contribution in [0.5, 0.6) is 0 Å². The molecule has 0 aliphatic rings. The summed E-state index contributed by atoms with van der Waals surface area (Å²) in [5.41, 5.74) is 3.88. The van der Waals surface area contributed by atoms with Crippen molar-refractivity contribution >= 4 is 16.9 Å². The van der Waals surface area contributed by atoms with Crippen molar-refractivity contribution in [1.82, 2.24) is 15.6 Å². The fraction of sp³-hybridized carbons (Fsp3) is 0.526. The van der Waals surface area contributed by atoms with Gasteiger partial charge in [0.2, 0.25) is 0 Å². The molecule has 0 radical (unpaired) electrons. The predicted molar refractivity (Wildman–Crippen MR) is 102 cm³/mol. The Morgan fingerprint density at radius 2 is 2.04 bits per heavy atom. The first-order chi connectivity index (χ1) is 11.8. The summed E-state index contributed by atoms with van der Waals surface area (Å²) < 4.78 is 5.34. The molecule has 5 nitrogen and oxygen atoms in total. The van der Waals surface area contributed by atoms with E-state index in [4.69, 9.17) is 4.74 Å². The topological polar surface area (TPSA) is 61.4 Å². The largest absolute Gasteiger partial charge is 0.382 e. The Labute approximate surface area is 144 Å². The van der Waals surface area contributed by atoms with Gasteiger partial charge in [0.1, 0.15) is 0 Å². The minimum absolute atomic E-state index is 0.796. The summed E-state index contributed by atoms with van der Waals surface area (Å²) in [5.74, 6) is 0.864. The SMILES string of the molecule is CCOCCCCNC(=NC)NCCc1c[nH]c2cccc(C)c12. The Morgan fingerprint density at radius 1 is 1.21 bits per heavy atom. The van der Waals surface area contributed by atoms with E-state index in [0.29, 0.717) is 0 Å². The van der Waals surface area contributed by atoms with Crippen molar-refractivity contribution in [2.24, 2.45) is 4.99 Å². The minimum Gasteiger partial charge on any atom is -0.382 e. The molecule has 0 saturated heterocycles. The number of hydrogen-bond acceptors (Lipinski definition) is 2. The van der Waals surface area contributed by atoms with E-state index in [9.17, 15) is 0 Å². The van der Waals surface area contributed by atoms with Gasteiger partial charge >= 0.3 is 0 Å². The highest BCUT2D eigenvalue weighted by molar-refractivity contribution is 5.86. The highest BCUT2D eigenvalue weighted by Crippen LogP contribution is 2.22. The third-order valence-electron chi connectivity index (χ3n) is 4.12. The van der Waals surface area contributed by atoms with Crippen molar-refractivity contribution in [3.8, 4) is 0 Å². The van der Waals surface area contributed by atoms with Gasteiger partial charge in [-0.15, -0.1) is 0 Å². The molecule has 0 amide bonds. The molecule has 3 N–H and O–H groups in total. The van der Waals surface area contributed by atoms with Crippen LogP contribution in [0.15, 0.2) is 29.4 Å². The molecule has 2 rings (SSSR count). The Hall–Kier alpha value is -2.01. The lowest BCUT2D eigenvalue weighted by atomic mass is 10.1. The average molecular weight is 330 g/mol. The number of hydrogen-bond donors (Lipinski definition) is 3. The van der Waals surface area contributed by atoms with Crippen molar-refractivity contribution in [3.05, 3.63) is 35.5 Å². The van der Waals surface area contributed by atoms with Crippen LogP contribution in [0.4, 0.5) is 0 Å². The molecular weight excluding hydrogens is 300 g/mol. The van der Waals surface area contributed by atoms with Gasteiger partial charge in [0.05, 0.1) is 0 Å². The van der Waals surface area contributed by atoms with Gasteiger partial charge in [-0.3, -0.25) is 4.99 Å². The van der Waals surface area contributed by atoms with Gasteiger partial charge < -0.3 is 20.4 Å². The van der Waals surface area contributed by atoms with Gasteiger partial charge in [0.15, 0.2) is 5.96 Å². The fourth-order valence-corrected chi connectivity index (χ4v) is 2.86. The zero-order valence-electron chi connectivity index (χ0n) is 15.1. The molecule has 1 aromatic carbocycles. The number of nitrogens with zero attached hydrogens (tertiary/aromatic N) is 1. The maximum absolute atomic E-state index is 5.34. The van der Waals surface area contributed by atoms with Crippen LogP contribution in [-0.2, 0) is 11.2 Å². The smallest absolute Gasteiger partial charge is 0.190 e. The van der Waals surface area contributed by atoms with Gasteiger partial charge in [-0.25, -0.2) is 0 Å². The third kappa shape index (κ3) is 5.27. The van der Waals surface area contributed by atoms with E-state index in [2.05, 4.69) is 51.9 Å². The molecule has 1 aromatic heterocycles. The molecule has 0 spiro atoms. The predicted octanol–water partition coefficient (Wildman–Crippen LogP) is 3.00. The Bertz CT molecular complexity index is 648. The molecule has 0 unspecified atom stereocenters. The molecule has 24 heavy (non-hydrogen) atoms. The van der Waals surface area contributed by atoms with Crippen molar-refractivity contribution in [2.45, 2.75) is 33.1 Å². The van der Waals surface area contributed by atoms with Crippen LogP contribution in [0.3, 0.4) is 0 Å². The molecule has 132 valence electrons. The fourth-order valence-electron chi connectivity index (χ4n) is 2.86. The number of aliphatic imine (C=N–C) groups is 1. The van der Waals surface area contributed by atoms with E-state index in [1.807, 2.05) is 14.0 Å². The maximum Gasteiger partial charge on any atom is 0.190 e. The molecule has 5 heteroatoms. The van der Waals surface area contributed by atoms with Gasteiger partial charge in [-0.1, -0.05) is 12.1 Å². The maximum atomic E-state index is 5.34. The Balaban J connectivity index is 1.73. The van der Waals surface area contributed by atoms with Crippen LogP contribution in [0.1, 0.15) is 30.9 Å². The van der Waals surface area contributed by atoms with Crippen LogP contribution in [0.25, 0.3) is 10.9 Å². The monoisotopic (exact) mass is 330 g/mol. The van der Waals surface area contributed by atoms with Crippen molar-refractivity contribution in [1.29, 1.82) is 0 Å². The lowest BCUT2D eigenvalue weighted by Crippen LogP contribution is -2.38. The molecule has 0 bridgehead atoms. The summed E-state index contributed by atoms with van der Waals surface area (Å²) in [6, 6.07) is 6.38. The van der Waals surface area contributed by atoms with E-state index in [0.717, 1.165) is 51.5 Å². The third-order valence-corrected chi connectivity index (χ3v) is 4.12. The molecule has 0 aliphatic carbocycles. The molecule has 0 atom stereocenters. The highest BCUT2D eigenvalue weighted by Gasteiger charge is 2.06. The summed E-state index contributed by atoms with van der Waals surface area (Å²) in [6.07, 6.45) is 5.24. The molecule has 0 fully saturated rings. The molecule has 2 aromatic rings. The van der Waals surface area contributed by atoms with Gasteiger partial charge in [0.25, 0.3) is 0 Å². The number of benzene rings is 1. The van der Waals surface area contributed by atoms with Crippen molar-refractivity contribution < 1.29 is 4.74 Å². The number of H-pyrrole nitrogens is 1. The van der Waals surface area contributed by atoms with Crippen molar-refractivity contribution in [3.63, 3.8) is 0 Å². The molecule has 1 heterocycles. The number of ether oxygens (including phenoxy) is 1. The standard InChI is InChI=1S/C19H30N4O/c1-4-24-13-6-5-11-21-19(20-3)22-12-10-16-14-23-17-9-7-8-15(2)18(16)17/h7-9,14,23H,4-6,10-13H2,1-3H3,(H2,20,21,22). The van der Waals surface area contributed by atoms with E-state index < -0.39 is 0 Å². The summed E-state index contributed by atoms with van der Waals surface area (Å²) >= 11 is 0. The van der Waals surface area contributed by atoms with Gasteiger partial charge in [-0.2, -0.15) is 0 Å². The zero-order chi connectivity index (χ0) is 17.2. The van der Waals surface area contributed by atoms with E-state index in [1.165, 1.54) is 22.0 Å². The van der Waals surface area contributed by atoms with Gasteiger partial charge in [-0.05, 0) is 50.3 Å². The van der Waals surface area contributed by atoms with E-state index in [1.54, 1.807) is 0 Å². The molecule has 0 saturated carbocycles. The number of aromatic amines is 1. The minimum atomic E-state index is 0.796. The number of guanidine groups is 1. The second-order valence-corrected chi connectivity index (χ2v) is 5.89. The summed E-state index contributed by atoms with van der Waals surface area (Å²) in [5, 5.41) is 8.08. The Morgan fingerprint density at radius 3 is 2.83 bits per heavy atom. The van der Waals surface area contributed by atoms with Gasteiger partial charge in [0, 0.05) is 50.5 Å². The molecule has 0 aliphatic heterocycles. The number of aryl methyl sites for hydroxylation is 1. The quantitative estimate of drug-likeness (QED) is 0.376. The first kappa shape index (κ1) is 18.3. The Kier molecular flexibility index (Phi) is 7.62. The normalized spacial score (nSPS) is 11.9. The van der Waals surface area contributed by atoms with Crippen LogP contribution in [0.2, 0.25) is 0 Å². The highest BCUT2D eigenvalue weighted by atomic mass is 16.5. The average Bonchev–Trinajstić information content (AvgIpc) is 3.01.